The van der Waals surface area contributed by atoms with Crippen molar-refractivity contribution in [2.24, 2.45) is 0 Å². The van der Waals surface area contributed by atoms with Crippen molar-refractivity contribution < 1.29 is 19.4 Å². The zero-order valence-electron chi connectivity index (χ0n) is 14.4. The number of benzene rings is 1. The summed E-state index contributed by atoms with van der Waals surface area (Å²) in [5.41, 5.74) is 1.40. The summed E-state index contributed by atoms with van der Waals surface area (Å²) in [5, 5.41) is 13.7. The summed E-state index contributed by atoms with van der Waals surface area (Å²) < 4.78 is 5.16. The van der Waals surface area contributed by atoms with Gasteiger partial charge in [0.05, 0.1) is 16.8 Å². The van der Waals surface area contributed by atoms with Gasteiger partial charge in [-0.1, -0.05) is 18.2 Å². The fourth-order valence-electron chi connectivity index (χ4n) is 3.40. The van der Waals surface area contributed by atoms with Crippen LogP contribution in [0.25, 0.3) is 10.9 Å². The number of carbonyl (C=O) groups excluding carboxylic acids is 1. The second kappa shape index (κ2) is 7.29. The first-order valence-corrected chi connectivity index (χ1v) is 8.48. The molecule has 1 saturated heterocycles. The zero-order valence-corrected chi connectivity index (χ0v) is 14.4. The number of methoxy groups -OCH3 is 1. The number of hydrogen-bond donors (Lipinski definition) is 2. The summed E-state index contributed by atoms with van der Waals surface area (Å²) in [5.74, 6) is -1.41. The molecule has 1 unspecified atom stereocenters. The van der Waals surface area contributed by atoms with Crippen LogP contribution in [0.2, 0.25) is 0 Å². The number of carbonyl (C=O) groups is 2. The van der Waals surface area contributed by atoms with E-state index < -0.39 is 12.1 Å². The van der Waals surface area contributed by atoms with Crippen LogP contribution in [0, 0.1) is 0 Å². The van der Waals surface area contributed by atoms with E-state index in [1.165, 1.54) is 7.11 Å². The van der Waals surface area contributed by atoms with E-state index in [1.54, 1.807) is 19.1 Å². The van der Waals surface area contributed by atoms with Crippen LogP contribution >= 0.6 is 0 Å². The standard InChI is InChI=1S/C19H22N2O4/c1-11(25-2)18(22)15-13-5-3-4-6-14(13)21-17(16(15)19(23)24)12-7-9-20-10-8-12/h3-6,11-12,20H,7-10H2,1-2H3,(H,23,24). The average Bonchev–Trinajstić information content (AvgIpc) is 2.65. The molecule has 0 amide bonds. The molecule has 6 heteroatoms. The lowest BCUT2D eigenvalue weighted by atomic mass is 9.86. The molecule has 1 atom stereocenters. The van der Waals surface area contributed by atoms with Crippen LogP contribution in [-0.2, 0) is 4.74 Å². The molecule has 0 radical (unpaired) electrons. The molecule has 6 nitrogen and oxygen atoms in total. The third-order valence-electron chi connectivity index (χ3n) is 4.83. The maximum atomic E-state index is 12.9. The molecule has 0 aliphatic carbocycles. The van der Waals surface area contributed by atoms with E-state index >= 15 is 0 Å². The topological polar surface area (TPSA) is 88.5 Å². The number of nitrogens with zero attached hydrogens (tertiary/aromatic N) is 1. The van der Waals surface area contributed by atoms with Crippen molar-refractivity contribution in [2.75, 3.05) is 20.2 Å². The predicted molar refractivity (Wildman–Crippen MR) is 94.3 cm³/mol. The largest absolute Gasteiger partial charge is 0.478 e. The van der Waals surface area contributed by atoms with E-state index in [0.717, 1.165) is 25.9 Å². The highest BCUT2D eigenvalue weighted by Gasteiger charge is 2.31. The number of piperidine rings is 1. The van der Waals surface area contributed by atoms with E-state index in [4.69, 9.17) is 4.74 Å². The predicted octanol–water partition coefficient (Wildman–Crippen LogP) is 2.62. The van der Waals surface area contributed by atoms with Crippen molar-refractivity contribution >= 4 is 22.7 Å². The number of ketones is 1. The molecular formula is C19H22N2O4. The number of aromatic carboxylic acids is 1. The molecule has 1 aliphatic rings. The van der Waals surface area contributed by atoms with Gasteiger partial charge in [0.15, 0.2) is 5.78 Å². The Morgan fingerprint density at radius 2 is 1.92 bits per heavy atom. The summed E-state index contributed by atoms with van der Waals surface area (Å²) in [6.07, 6.45) is 0.891. The minimum absolute atomic E-state index is 0.0273. The Kier molecular flexibility index (Phi) is 5.11. The lowest BCUT2D eigenvalue weighted by molar-refractivity contribution is 0.0633. The molecule has 25 heavy (non-hydrogen) atoms. The van der Waals surface area contributed by atoms with Crippen molar-refractivity contribution in [1.82, 2.24) is 10.3 Å². The second-order valence-corrected chi connectivity index (χ2v) is 6.34. The monoisotopic (exact) mass is 342 g/mol. The van der Waals surface area contributed by atoms with Crippen LogP contribution in [0.1, 0.15) is 52.1 Å². The molecule has 3 rings (SSSR count). The highest BCUT2D eigenvalue weighted by Crippen LogP contribution is 2.33. The van der Waals surface area contributed by atoms with Gasteiger partial charge in [-0.25, -0.2) is 4.79 Å². The van der Waals surface area contributed by atoms with Gasteiger partial charge in [-0.3, -0.25) is 9.78 Å². The first-order valence-electron chi connectivity index (χ1n) is 8.48. The maximum Gasteiger partial charge on any atom is 0.338 e. The number of nitrogens with one attached hydrogen (secondary N) is 1. The van der Waals surface area contributed by atoms with Crippen LogP contribution in [0.15, 0.2) is 24.3 Å². The number of ether oxygens (including phenoxy) is 1. The van der Waals surface area contributed by atoms with Crippen molar-refractivity contribution in [3.63, 3.8) is 0 Å². The fraction of sp³-hybridized carbons (Fsp3) is 0.421. The van der Waals surface area contributed by atoms with Gasteiger partial charge in [-0.2, -0.15) is 0 Å². The molecule has 0 saturated carbocycles. The van der Waals surface area contributed by atoms with E-state index in [-0.39, 0.29) is 22.8 Å². The van der Waals surface area contributed by atoms with Gasteiger partial charge in [0, 0.05) is 24.0 Å². The van der Waals surface area contributed by atoms with Gasteiger partial charge >= 0.3 is 5.97 Å². The summed E-state index contributed by atoms with van der Waals surface area (Å²) in [6.45, 7) is 3.26. The van der Waals surface area contributed by atoms with Crippen LogP contribution in [0.4, 0.5) is 0 Å². The highest BCUT2D eigenvalue weighted by molar-refractivity contribution is 6.16. The van der Waals surface area contributed by atoms with Crippen LogP contribution in [0.3, 0.4) is 0 Å². The number of Topliss-reactive ketones (excluding diaryl/α,β-unsaturated/α-hetero) is 1. The average molecular weight is 342 g/mol. The fourth-order valence-corrected chi connectivity index (χ4v) is 3.40. The highest BCUT2D eigenvalue weighted by atomic mass is 16.5. The van der Waals surface area contributed by atoms with Gasteiger partial charge in [0.1, 0.15) is 6.10 Å². The second-order valence-electron chi connectivity index (χ2n) is 6.34. The Labute approximate surface area is 146 Å². The molecule has 1 aromatic heterocycles. The van der Waals surface area contributed by atoms with Crippen molar-refractivity contribution in [3.05, 3.63) is 41.1 Å². The van der Waals surface area contributed by atoms with Crippen molar-refractivity contribution in [1.29, 1.82) is 0 Å². The number of hydrogen-bond acceptors (Lipinski definition) is 5. The van der Waals surface area contributed by atoms with Crippen molar-refractivity contribution in [3.8, 4) is 0 Å². The SMILES string of the molecule is COC(C)C(=O)c1c(C(=O)O)c(C2CCNCC2)nc2ccccc12. The third-order valence-corrected chi connectivity index (χ3v) is 4.83. The Morgan fingerprint density at radius 3 is 2.56 bits per heavy atom. The van der Waals surface area contributed by atoms with Gasteiger partial charge in [0.2, 0.25) is 0 Å². The molecule has 132 valence electrons. The molecule has 0 bridgehead atoms. The first-order chi connectivity index (χ1) is 12.0. The maximum absolute atomic E-state index is 12.9. The number of aromatic nitrogens is 1. The Balaban J connectivity index is 2.30. The number of carboxylic acid groups (broad SMARTS) is 1. The Morgan fingerprint density at radius 1 is 1.24 bits per heavy atom. The Bertz CT molecular complexity index is 812. The lowest BCUT2D eigenvalue weighted by Gasteiger charge is -2.25. The number of fused-ring (bicyclic) bond motifs is 1. The molecule has 1 aromatic carbocycles. The number of para-hydroxylation sites is 1. The summed E-state index contributed by atoms with van der Waals surface area (Å²) in [4.78, 5) is 29.7. The van der Waals surface area contributed by atoms with Crippen LogP contribution < -0.4 is 5.32 Å². The summed E-state index contributed by atoms with van der Waals surface area (Å²) >= 11 is 0. The summed E-state index contributed by atoms with van der Waals surface area (Å²) in [7, 11) is 1.44. The molecule has 2 heterocycles. The Hall–Kier alpha value is -2.31. The van der Waals surface area contributed by atoms with Gasteiger partial charge in [-0.15, -0.1) is 0 Å². The first kappa shape index (κ1) is 17.5. The number of rotatable bonds is 5. The minimum Gasteiger partial charge on any atom is -0.478 e. The van der Waals surface area contributed by atoms with E-state index in [9.17, 15) is 14.7 Å². The zero-order chi connectivity index (χ0) is 18.0. The van der Waals surface area contributed by atoms with Crippen molar-refractivity contribution in [2.45, 2.75) is 31.8 Å². The molecule has 2 aromatic rings. The van der Waals surface area contributed by atoms with Crippen LogP contribution in [0.5, 0.6) is 0 Å². The minimum atomic E-state index is -1.11. The number of carboxylic acids is 1. The normalized spacial score (nSPS) is 16.7. The van der Waals surface area contributed by atoms with E-state index in [2.05, 4.69) is 10.3 Å². The molecular weight excluding hydrogens is 320 g/mol. The molecule has 1 aliphatic heterocycles. The lowest BCUT2D eigenvalue weighted by Crippen LogP contribution is -2.29. The number of pyridine rings is 1. The summed E-state index contributed by atoms with van der Waals surface area (Å²) in [6, 6.07) is 7.19. The molecule has 1 fully saturated rings. The third kappa shape index (κ3) is 3.27. The van der Waals surface area contributed by atoms with Gasteiger partial charge in [0.25, 0.3) is 0 Å². The molecule has 2 N–H and O–H groups in total. The van der Waals surface area contributed by atoms with Gasteiger partial charge < -0.3 is 15.2 Å². The van der Waals surface area contributed by atoms with E-state index in [1.807, 2.05) is 12.1 Å². The quantitative estimate of drug-likeness (QED) is 0.812. The van der Waals surface area contributed by atoms with Gasteiger partial charge in [-0.05, 0) is 38.9 Å². The smallest absolute Gasteiger partial charge is 0.338 e. The van der Waals surface area contributed by atoms with Crippen LogP contribution in [-0.4, -0.2) is 48.1 Å². The molecule has 0 spiro atoms. The van der Waals surface area contributed by atoms with E-state index in [0.29, 0.717) is 16.6 Å².